The van der Waals surface area contributed by atoms with E-state index in [0.29, 0.717) is 13.2 Å². The molecule has 1 unspecified atom stereocenters. The van der Waals surface area contributed by atoms with Gasteiger partial charge in [-0.1, -0.05) is 46.3 Å². The first-order chi connectivity index (χ1) is 8.57. The molecule has 1 aromatic rings. The van der Waals surface area contributed by atoms with Gasteiger partial charge in [-0.15, -0.1) is 0 Å². The highest BCUT2D eigenvalue weighted by atomic mass is 79.9. The van der Waals surface area contributed by atoms with E-state index in [1.807, 2.05) is 30.3 Å². The van der Waals surface area contributed by atoms with Gasteiger partial charge in [0.1, 0.15) is 6.61 Å². The molecule has 1 atom stereocenters. The van der Waals surface area contributed by atoms with Gasteiger partial charge in [0.05, 0.1) is 0 Å². The maximum Gasteiger partial charge on any atom is 0.410 e. The van der Waals surface area contributed by atoms with Gasteiger partial charge in [0.2, 0.25) is 0 Å². The van der Waals surface area contributed by atoms with E-state index in [2.05, 4.69) is 22.9 Å². The molecule has 4 heteroatoms. The van der Waals surface area contributed by atoms with Crippen LogP contribution in [-0.4, -0.2) is 28.4 Å². The van der Waals surface area contributed by atoms with Crippen LogP contribution in [0.25, 0.3) is 0 Å². The fourth-order valence-corrected chi connectivity index (χ4v) is 2.74. The molecule has 0 aliphatic carbocycles. The number of ether oxygens (including phenoxy) is 1. The smallest absolute Gasteiger partial charge is 0.410 e. The number of hydrogen-bond acceptors (Lipinski definition) is 2. The van der Waals surface area contributed by atoms with Crippen LogP contribution in [0.2, 0.25) is 0 Å². The predicted octanol–water partition coefficient (Wildman–Crippen LogP) is 3.57. The quantitative estimate of drug-likeness (QED) is 0.781. The molecule has 1 fully saturated rings. The summed E-state index contributed by atoms with van der Waals surface area (Å²) >= 11 is 3.65. The van der Waals surface area contributed by atoms with Gasteiger partial charge < -0.3 is 9.64 Å². The maximum atomic E-state index is 11.9. The molecule has 1 saturated heterocycles. The Bertz CT molecular complexity index is 406. The van der Waals surface area contributed by atoms with Crippen molar-refractivity contribution in [3.63, 3.8) is 0 Å². The van der Waals surface area contributed by atoms with E-state index in [1.54, 1.807) is 4.90 Å². The monoisotopic (exact) mass is 311 g/mol. The fraction of sp³-hybridized carbons (Fsp3) is 0.500. The molecule has 0 saturated carbocycles. The van der Waals surface area contributed by atoms with Crippen molar-refractivity contribution in [1.82, 2.24) is 4.90 Å². The Morgan fingerprint density at radius 1 is 1.44 bits per heavy atom. The van der Waals surface area contributed by atoms with Crippen molar-refractivity contribution in [3.05, 3.63) is 35.9 Å². The molecular weight excluding hydrogens is 294 g/mol. The Labute approximate surface area is 116 Å². The van der Waals surface area contributed by atoms with E-state index in [1.165, 1.54) is 0 Å². The predicted molar refractivity (Wildman–Crippen MR) is 74.8 cm³/mol. The minimum atomic E-state index is -0.218. The number of alkyl halides is 1. The van der Waals surface area contributed by atoms with Gasteiger partial charge >= 0.3 is 6.09 Å². The van der Waals surface area contributed by atoms with Crippen molar-refractivity contribution < 1.29 is 9.53 Å². The molecule has 0 bridgehead atoms. The van der Waals surface area contributed by atoms with Crippen molar-refractivity contribution >= 4 is 22.0 Å². The summed E-state index contributed by atoms with van der Waals surface area (Å²) in [5.41, 5.74) is 1.02. The van der Waals surface area contributed by atoms with E-state index in [0.717, 1.165) is 24.9 Å². The highest BCUT2D eigenvalue weighted by molar-refractivity contribution is 9.10. The maximum absolute atomic E-state index is 11.9. The number of nitrogens with zero attached hydrogens (tertiary/aromatic N) is 1. The number of hydrogen-bond donors (Lipinski definition) is 0. The number of benzene rings is 1. The zero-order valence-corrected chi connectivity index (χ0v) is 12.1. The van der Waals surface area contributed by atoms with Crippen LogP contribution in [0.4, 0.5) is 4.79 Å². The summed E-state index contributed by atoms with van der Waals surface area (Å²) in [5.74, 6) is 0. The minimum absolute atomic E-state index is 0.0248. The second-order valence-electron chi connectivity index (χ2n) is 4.98. The first-order valence-corrected chi connectivity index (χ1v) is 7.01. The summed E-state index contributed by atoms with van der Waals surface area (Å²) in [6.07, 6.45) is 1.89. The van der Waals surface area contributed by atoms with Crippen LogP contribution in [0, 0.1) is 0 Å². The number of halogens is 1. The van der Waals surface area contributed by atoms with E-state index in [4.69, 9.17) is 4.74 Å². The van der Waals surface area contributed by atoms with Crippen LogP contribution in [0.15, 0.2) is 30.3 Å². The van der Waals surface area contributed by atoms with Crippen LogP contribution in [0.3, 0.4) is 0 Å². The largest absolute Gasteiger partial charge is 0.445 e. The van der Waals surface area contributed by atoms with E-state index in [-0.39, 0.29) is 10.4 Å². The first kappa shape index (κ1) is 13.4. The minimum Gasteiger partial charge on any atom is -0.445 e. The Balaban J connectivity index is 1.85. The Morgan fingerprint density at radius 3 is 2.83 bits per heavy atom. The second kappa shape index (κ2) is 5.74. The van der Waals surface area contributed by atoms with Gasteiger partial charge in [-0.3, -0.25) is 0 Å². The molecule has 1 heterocycles. The molecule has 1 amide bonds. The second-order valence-corrected chi connectivity index (χ2v) is 6.89. The molecule has 0 aromatic heterocycles. The lowest BCUT2D eigenvalue weighted by Gasteiger charge is -2.35. The zero-order valence-electron chi connectivity index (χ0n) is 10.6. The van der Waals surface area contributed by atoms with Crippen LogP contribution in [-0.2, 0) is 11.3 Å². The molecule has 1 aliphatic rings. The van der Waals surface area contributed by atoms with Crippen molar-refractivity contribution in [2.24, 2.45) is 0 Å². The lowest BCUT2D eigenvalue weighted by atomic mass is 10.0. The van der Waals surface area contributed by atoms with Gasteiger partial charge in [0, 0.05) is 17.4 Å². The summed E-state index contributed by atoms with van der Waals surface area (Å²) in [6.45, 7) is 3.95. The molecule has 1 aliphatic heterocycles. The SMILES string of the molecule is CC1(Br)CCCN(C(=O)OCc2ccccc2)C1. The number of carbonyl (C=O) groups is 1. The van der Waals surface area contributed by atoms with Crippen molar-refractivity contribution in [1.29, 1.82) is 0 Å². The number of piperidine rings is 1. The topological polar surface area (TPSA) is 29.5 Å². The Hall–Kier alpha value is -1.03. The first-order valence-electron chi connectivity index (χ1n) is 6.21. The summed E-state index contributed by atoms with van der Waals surface area (Å²) in [6, 6.07) is 9.75. The standard InChI is InChI=1S/C14H18BrNO2/c1-14(15)8-5-9-16(11-14)13(17)18-10-12-6-3-2-4-7-12/h2-4,6-7H,5,8-11H2,1H3. The lowest BCUT2D eigenvalue weighted by Crippen LogP contribution is -2.45. The molecule has 0 N–H and O–H groups in total. The van der Waals surface area contributed by atoms with Gasteiger partial charge in [0.25, 0.3) is 0 Å². The van der Waals surface area contributed by atoms with Crippen LogP contribution >= 0.6 is 15.9 Å². The van der Waals surface area contributed by atoms with Crippen molar-refractivity contribution in [2.45, 2.75) is 30.7 Å². The van der Waals surface area contributed by atoms with Crippen molar-refractivity contribution in [3.8, 4) is 0 Å². The third kappa shape index (κ3) is 3.73. The van der Waals surface area contributed by atoms with Crippen molar-refractivity contribution in [2.75, 3.05) is 13.1 Å². The molecule has 0 spiro atoms. The molecule has 0 radical (unpaired) electrons. The summed E-state index contributed by atoms with van der Waals surface area (Å²) in [7, 11) is 0. The normalized spacial score (nSPS) is 23.8. The summed E-state index contributed by atoms with van der Waals surface area (Å²) in [5, 5.41) is 0. The molecule has 1 aromatic carbocycles. The van der Waals surface area contributed by atoms with E-state index in [9.17, 15) is 4.79 Å². The zero-order chi connectivity index (χ0) is 13.0. The molecular formula is C14H18BrNO2. The Morgan fingerprint density at radius 2 is 2.17 bits per heavy atom. The van der Waals surface area contributed by atoms with Crippen LogP contribution in [0.1, 0.15) is 25.3 Å². The number of amides is 1. The average molecular weight is 312 g/mol. The fourth-order valence-electron chi connectivity index (χ4n) is 2.16. The number of rotatable bonds is 2. The number of carbonyl (C=O) groups excluding carboxylic acids is 1. The highest BCUT2D eigenvalue weighted by Gasteiger charge is 2.31. The van der Waals surface area contributed by atoms with Crippen LogP contribution < -0.4 is 0 Å². The summed E-state index contributed by atoms with van der Waals surface area (Å²) in [4.78, 5) is 13.7. The molecule has 3 nitrogen and oxygen atoms in total. The van der Waals surface area contributed by atoms with Gasteiger partial charge in [0.15, 0.2) is 0 Å². The Kier molecular flexibility index (Phi) is 4.27. The third-order valence-electron chi connectivity index (χ3n) is 3.11. The van der Waals surface area contributed by atoms with Gasteiger partial charge in [-0.25, -0.2) is 4.79 Å². The molecule has 2 rings (SSSR count). The molecule has 98 valence electrons. The highest BCUT2D eigenvalue weighted by Crippen LogP contribution is 2.29. The van der Waals surface area contributed by atoms with E-state index < -0.39 is 0 Å². The van der Waals surface area contributed by atoms with Gasteiger partial charge in [-0.05, 0) is 25.3 Å². The van der Waals surface area contributed by atoms with E-state index >= 15 is 0 Å². The lowest BCUT2D eigenvalue weighted by molar-refractivity contribution is 0.0850. The molecule has 18 heavy (non-hydrogen) atoms. The van der Waals surface area contributed by atoms with Gasteiger partial charge in [-0.2, -0.15) is 0 Å². The van der Waals surface area contributed by atoms with Crippen LogP contribution in [0.5, 0.6) is 0 Å². The third-order valence-corrected chi connectivity index (χ3v) is 3.76. The number of likely N-dealkylation sites (tertiary alicyclic amines) is 1. The average Bonchev–Trinajstić information content (AvgIpc) is 2.36. The summed E-state index contributed by atoms with van der Waals surface area (Å²) < 4.78 is 5.35.